The molecule has 124 valence electrons. The second-order valence-electron chi connectivity index (χ2n) is 5.33. The summed E-state index contributed by atoms with van der Waals surface area (Å²) in [6.45, 7) is 12.7. The monoisotopic (exact) mass is 434 g/mol. The highest BCUT2D eigenvalue weighted by molar-refractivity contribution is 14.0. The Labute approximate surface area is 155 Å². The fourth-order valence-corrected chi connectivity index (χ4v) is 3.39. The molecule has 0 bridgehead atoms. The van der Waals surface area contributed by atoms with E-state index in [1.807, 2.05) is 17.4 Å². The minimum Gasteiger partial charge on any atom is -0.357 e. The lowest BCUT2D eigenvalue weighted by Crippen LogP contribution is -2.41. The third-order valence-electron chi connectivity index (χ3n) is 3.73. The number of aliphatic imine (C=N–C) groups is 1. The number of rotatable bonds is 6. The van der Waals surface area contributed by atoms with Crippen LogP contribution < -0.4 is 10.6 Å². The molecular weight excluding hydrogens is 407 g/mol. The maximum atomic E-state index is 4.68. The Hall–Kier alpha value is -0.600. The summed E-state index contributed by atoms with van der Waals surface area (Å²) >= 11 is 1.89. The number of hydrogen-bond donors (Lipinski definition) is 2. The summed E-state index contributed by atoms with van der Waals surface area (Å²) in [6, 6.07) is 2.72. The average molecular weight is 434 g/mol. The molecule has 2 N–H and O–H groups in total. The fourth-order valence-electron chi connectivity index (χ4n) is 2.50. The van der Waals surface area contributed by atoms with Gasteiger partial charge in [-0.15, -0.1) is 41.9 Å². The van der Waals surface area contributed by atoms with E-state index in [0.29, 0.717) is 6.04 Å². The van der Waals surface area contributed by atoms with E-state index in [2.05, 4.69) is 52.4 Å². The van der Waals surface area contributed by atoms with Gasteiger partial charge in [0, 0.05) is 37.1 Å². The van der Waals surface area contributed by atoms with Gasteiger partial charge in [0.05, 0.1) is 6.54 Å². The van der Waals surface area contributed by atoms with Crippen LogP contribution in [0.3, 0.4) is 0 Å². The summed E-state index contributed by atoms with van der Waals surface area (Å²) in [4.78, 5) is 8.76. The van der Waals surface area contributed by atoms with Crippen molar-refractivity contribution in [3.63, 3.8) is 0 Å². The van der Waals surface area contributed by atoms with Crippen molar-refractivity contribution in [2.75, 3.05) is 26.2 Å². The number of nitrogens with zero attached hydrogens (tertiary/aromatic N) is 2. The Morgan fingerprint density at radius 3 is 3.09 bits per heavy atom. The van der Waals surface area contributed by atoms with Gasteiger partial charge in [-0.2, -0.15) is 0 Å². The van der Waals surface area contributed by atoms with E-state index in [9.17, 15) is 0 Å². The van der Waals surface area contributed by atoms with E-state index in [1.165, 1.54) is 12.0 Å². The van der Waals surface area contributed by atoms with Crippen molar-refractivity contribution < 1.29 is 0 Å². The summed E-state index contributed by atoms with van der Waals surface area (Å²) in [5.41, 5.74) is 1.50. The van der Waals surface area contributed by atoms with Crippen LogP contribution in [-0.2, 0) is 13.0 Å². The minimum atomic E-state index is 0. The van der Waals surface area contributed by atoms with Crippen LogP contribution in [0.1, 0.15) is 24.3 Å². The van der Waals surface area contributed by atoms with Crippen molar-refractivity contribution in [2.24, 2.45) is 4.99 Å². The molecule has 1 aliphatic rings. The molecule has 0 saturated carbocycles. The van der Waals surface area contributed by atoms with Gasteiger partial charge in [-0.1, -0.05) is 6.08 Å². The van der Waals surface area contributed by atoms with E-state index < -0.39 is 0 Å². The second-order valence-corrected chi connectivity index (χ2v) is 6.33. The van der Waals surface area contributed by atoms with Gasteiger partial charge in [0.25, 0.3) is 0 Å². The lowest BCUT2D eigenvalue weighted by atomic mass is 10.1. The average Bonchev–Trinajstić information content (AvgIpc) is 2.97. The summed E-state index contributed by atoms with van der Waals surface area (Å²) in [6.07, 6.45) is 3.02. The van der Waals surface area contributed by atoms with Crippen molar-refractivity contribution in [2.45, 2.75) is 32.9 Å². The molecule has 1 aromatic heterocycles. The molecule has 0 aliphatic carbocycles. The van der Waals surface area contributed by atoms with Gasteiger partial charge < -0.3 is 10.6 Å². The first kappa shape index (κ1) is 19.4. The number of fused-ring (bicyclic) bond motifs is 1. The summed E-state index contributed by atoms with van der Waals surface area (Å²) in [5, 5.41) is 8.71. The van der Waals surface area contributed by atoms with Gasteiger partial charge in [-0.25, -0.2) is 0 Å². The van der Waals surface area contributed by atoms with Gasteiger partial charge in [-0.05, 0) is 37.3 Å². The molecule has 0 radical (unpaired) electrons. The highest BCUT2D eigenvalue weighted by atomic mass is 127. The second kappa shape index (κ2) is 10.2. The first-order valence-corrected chi connectivity index (χ1v) is 8.55. The maximum absolute atomic E-state index is 4.68. The molecule has 0 aromatic carbocycles. The SMILES string of the molecule is C=CCNC(=NCC(C)N1CCc2sccc2C1)NCC.I. The van der Waals surface area contributed by atoms with Crippen LogP contribution in [-0.4, -0.2) is 43.1 Å². The number of thiophene rings is 1. The fraction of sp³-hybridized carbons (Fsp3) is 0.562. The Bertz CT molecular complexity index is 486. The van der Waals surface area contributed by atoms with E-state index >= 15 is 0 Å². The van der Waals surface area contributed by atoms with Crippen molar-refractivity contribution >= 4 is 41.3 Å². The van der Waals surface area contributed by atoms with Gasteiger partial charge >= 0.3 is 0 Å². The summed E-state index contributed by atoms with van der Waals surface area (Å²) in [5.74, 6) is 0.873. The molecule has 1 atom stereocenters. The van der Waals surface area contributed by atoms with E-state index in [1.54, 1.807) is 4.88 Å². The Morgan fingerprint density at radius 2 is 2.36 bits per heavy atom. The quantitative estimate of drug-likeness (QED) is 0.313. The summed E-state index contributed by atoms with van der Waals surface area (Å²) < 4.78 is 0. The molecular formula is C16H27IN4S. The van der Waals surface area contributed by atoms with Crippen LogP contribution >= 0.6 is 35.3 Å². The normalized spacial score (nSPS) is 16.4. The highest BCUT2D eigenvalue weighted by Crippen LogP contribution is 2.25. The number of guanidine groups is 1. The third-order valence-corrected chi connectivity index (χ3v) is 4.76. The van der Waals surface area contributed by atoms with Gasteiger partial charge in [-0.3, -0.25) is 9.89 Å². The highest BCUT2D eigenvalue weighted by Gasteiger charge is 2.21. The van der Waals surface area contributed by atoms with E-state index in [-0.39, 0.29) is 24.0 Å². The zero-order valence-electron chi connectivity index (χ0n) is 13.5. The minimum absolute atomic E-state index is 0. The molecule has 1 aromatic rings. The Morgan fingerprint density at radius 1 is 1.55 bits per heavy atom. The van der Waals surface area contributed by atoms with Crippen LogP contribution in [0.25, 0.3) is 0 Å². The van der Waals surface area contributed by atoms with Crippen molar-refractivity contribution in [3.05, 3.63) is 34.5 Å². The number of hydrogen-bond acceptors (Lipinski definition) is 3. The maximum Gasteiger partial charge on any atom is 0.191 e. The lowest BCUT2D eigenvalue weighted by molar-refractivity contribution is 0.197. The number of halogens is 1. The molecule has 0 amide bonds. The largest absolute Gasteiger partial charge is 0.357 e. The molecule has 0 spiro atoms. The van der Waals surface area contributed by atoms with Gasteiger partial charge in [0.2, 0.25) is 0 Å². The smallest absolute Gasteiger partial charge is 0.191 e. The molecule has 22 heavy (non-hydrogen) atoms. The van der Waals surface area contributed by atoms with Crippen LogP contribution in [0, 0.1) is 0 Å². The van der Waals surface area contributed by atoms with Crippen LogP contribution in [0.15, 0.2) is 29.1 Å². The molecule has 0 fully saturated rings. The van der Waals surface area contributed by atoms with E-state index in [4.69, 9.17) is 0 Å². The molecule has 1 unspecified atom stereocenters. The first-order valence-electron chi connectivity index (χ1n) is 7.67. The number of nitrogens with one attached hydrogen (secondary N) is 2. The van der Waals surface area contributed by atoms with Crippen LogP contribution in [0.5, 0.6) is 0 Å². The first-order chi connectivity index (χ1) is 10.2. The topological polar surface area (TPSA) is 39.7 Å². The van der Waals surface area contributed by atoms with Crippen molar-refractivity contribution in [3.8, 4) is 0 Å². The molecule has 1 aliphatic heterocycles. The molecule has 0 saturated heterocycles. The van der Waals surface area contributed by atoms with Crippen molar-refractivity contribution in [1.29, 1.82) is 0 Å². The van der Waals surface area contributed by atoms with E-state index in [0.717, 1.165) is 38.7 Å². The predicted octanol–water partition coefficient (Wildman–Crippen LogP) is 2.85. The molecule has 2 rings (SSSR count). The van der Waals surface area contributed by atoms with Crippen molar-refractivity contribution in [1.82, 2.24) is 15.5 Å². The van der Waals surface area contributed by atoms with Gasteiger partial charge in [0.1, 0.15) is 0 Å². The van der Waals surface area contributed by atoms with Gasteiger partial charge in [0.15, 0.2) is 5.96 Å². The Kier molecular flexibility index (Phi) is 9.04. The van der Waals surface area contributed by atoms with Crippen LogP contribution in [0.2, 0.25) is 0 Å². The Balaban J connectivity index is 0.00000242. The van der Waals surface area contributed by atoms with Crippen LogP contribution in [0.4, 0.5) is 0 Å². The predicted molar refractivity (Wildman–Crippen MR) is 107 cm³/mol. The summed E-state index contributed by atoms with van der Waals surface area (Å²) in [7, 11) is 0. The molecule has 4 nitrogen and oxygen atoms in total. The third kappa shape index (κ3) is 5.55. The lowest BCUT2D eigenvalue weighted by Gasteiger charge is -2.31. The zero-order valence-corrected chi connectivity index (χ0v) is 16.6. The standard InChI is InChI=1S/C16H26N4S.HI/c1-4-8-18-16(17-5-2)19-11-13(3)20-9-6-15-14(12-20)7-10-21-15;/h4,7,10,13H,1,5-6,8-9,11-12H2,2-3H3,(H2,17,18,19);1H. The molecule has 6 heteroatoms. The zero-order chi connectivity index (χ0) is 15.1. The molecule has 2 heterocycles.